The van der Waals surface area contributed by atoms with Gasteiger partial charge in [0.25, 0.3) is 5.91 Å². The number of hydrogen-bond acceptors (Lipinski definition) is 2. The summed E-state index contributed by atoms with van der Waals surface area (Å²) < 4.78 is 5.87. The molecule has 1 aliphatic rings. The van der Waals surface area contributed by atoms with Crippen LogP contribution in [-0.2, 0) is 17.6 Å². The minimum atomic E-state index is -0.618. The van der Waals surface area contributed by atoms with E-state index in [1.807, 2.05) is 32.0 Å². The lowest BCUT2D eigenvalue weighted by atomic mass is 10.0. The van der Waals surface area contributed by atoms with E-state index in [0.29, 0.717) is 5.75 Å². The number of aryl methyl sites for hydroxylation is 4. The molecular weight excluding hydrogens is 358 g/mol. The van der Waals surface area contributed by atoms with Gasteiger partial charge in [-0.25, -0.2) is 0 Å². The first-order valence-corrected chi connectivity index (χ1v) is 9.59. The Morgan fingerprint density at radius 1 is 1.07 bits per heavy atom. The fourth-order valence-electron chi connectivity index (χ4n) is 3.82. The van der Waals surface area contributed by atoms with E-state index in [9.17, 15) is 4.79 Å². The molecule has 1 N–H and O–H groups in total. The lowest BCUT2D eigenvalue weighted by Gasteiger charge is -2.17. The molecule has 1 aliphatic carbocycles. The normalized spacial score (nSPS) is 13.6. The second-order valence-corrected chi connectivity index (χ2v) is 7.61. The standard InChI is InChI=1S/C23H22ClNO2/c1-13-11-18(12-14(2)22(13)24)27-15(3)23(26)25-20-10-9-17-8-7-16-5-4-6-19(20)21(16)17/h4-6,9-12,15H,7-8H2,1-3H3,(H,25,26)/t15-/m0/s1. The van der Waals surface area contributed by atoms with Gasteiger partial charge in [0.2, 0.25) is 0 Å². The summed E-state index contributed by atoms with van der Waals surface area (Å²) >= 11 is 6.21. The highest BCUT2D eigenvalue weighted by atomic mass is 35.5. The molecule has 0 fully saturated rings. The quantitative estimate of drug-likeness (QED) is 0.639. The van der Waals surface area contributed by atoms with Crippen molar-refractivity contribution >= 4 is 34.0 Å². The summed E-state index contributed by atoms with van der Waals surface area (Å²) in [4.78, 5) is 12.7. The molecule has 3 nitrogen and oxygen atoms in total. The van der Waals surface area contributed by atoms with Crippen LogP contribution in [0.1, 0.15) is 29.2 Å². The first-order chi connectivity index (χ1) is 12.9. The van der Waals surface area contributed by atoms with Crippen molar-refractivity contribution in [1.29, 1.82) is 0 Å². The third-order valence-corrected chi connectivity index (χ3v) is 5.82. The summed E-state index contributed by atoms with van der Waals surface area (Å²) in [6, 6.07) is 14.1. The molecule has 0 saturated heterocycles. The molecule has 0 heterocycles. The molecule has 0 spiro atoms. The number of nitrogens with one attached hydrogen (secondary N) is 1. The van der Waals surface area contributed by atoms with E-state index in [1.165, 1.54) is 16.5 Å². The van der Waals surface area contributed by atoms with Crippen LogP contribution >= 0.6 is 11.6 Å². The number of anilines is 1. The van der Waals surface area contributed by atoms with Gasteiger partial charge in [-0.2, -0.15) is 0 Å². The van der Waals surface area contributed by atoms with Crippen molar-refractivity contribution in [3.05, 3.63) is 69.7 Å². The number of benzene rings is 3. The molecule has 0 bridgehead atoms. The third-order valence-electron chi connectivity index (χ3n) is 5.23. The maximum Gasteiger partial charge on any atom is 0.265 e. The van der Waals surface area contributed by atoms with E-state index in [1.54, 1.807) is 6.92 Å². The Hall–Kier alpha value is -2.52. The van der Waals surface area contributed by atoms with Crippen LogP contribution in [0.25, 0.3) is 10.8 Å². The van der Waals surface area contributed by atoms with Crippen LogP contribution < -0.4 is 10.1 Å². The monoisotopic (exact) mass is 379 g/mol. The Balaban J connectivity index is 1.55. The first-order valence-electron chi connectivity index (χ1n) is 9.22. The van der Waals surface area contributed by atoms with E-state index >= 15 is 0 Å². The Morgan fingerprint density at radius 3 is 2.44 bits per heavy atom. The van der Waals surface area contributed by atoms with Crippen molar-refractivity contribution in [3.63, 3.8) is 0 Å². The van der Waals surface area contributed by atoms with Crippen LogP contribution in [0.2, 0.25) is 5.02 Å². The highest BCUT2D eigenvalue weighted by Gasteiger charge is 2.20. The predicted octanol–water partition coefficient (Wildman–Crippen LogP) is 5.61. The molecule has 3 aromatic rings. The second-order valence-electron chi connectivity index (χ2n) is 7.23. The number of rotatable bonds is 4. The summed E-state index contributed by atoms with van der Waals surface area (Å²) in [5.74, 6) is 0.483. The minimum Gasteiger partial charge on any atom is -0.481 e. The molecule has 138 valence electrons. The van der Waals surface area contributed by atoms with Gasteiger partial charge < -0.3 is 10.1 Å². The van der Waals surface area contributed by atoms with Gasteiger partial charge in [0.05, 0.1) is 0 Å². The Bertz CT molecular complexity index is 1020. The minimum absolute atomic E-state index is 0.168. The summed E-state index contributed by atoms with van der Waals surface area (Å²) in [5, 5.41) is 6.15. The lowest BCUT2D eigenvalue weighted by molar-refractivity contribution is -0.122. The van der Waals surface area contributed by atoms with Crippen LogP contribution in [0.5, 0.6) is 5.75 Å². The zero-order valence-corrected chi connectivity index (χ0v) is 16.5. The molecule has 0 saturated carbocycles. The zero-order valence-electron chi connectivity index (χ0n) is 15.7. The van der Waals surface area contributed by atoms with Crippen molar-refractivity contribution in [1.82, 2.24) is 0 Å². The molecule has 0 unspecified atom stereocenters. The molecular formula is C23H22ClNO2. The van der Waals surface area contributed by atoms with Crippen LogP contribution in [0.4, 0.5) is 5.69 Å². The van der Waals surface area contributed by atoms with E-state index < -0.39 is 6.10 Å². The second kappa shape index (κ2) is 6.90. The Labute approximate surface area is 164 Å². The van der Waals surface area contributed by atoms with Crippen molar-refractivity contribution in [2.75, 3.05) is 5.32 Å². The zero-order chi connectivity index (χ0) is 19.1. The molecule has 1 amide bonds. The summed E-state index contributed by atoms with van der Waals surface area (Å²) in [7, 11) is 0. The van der Waals surface area contributed by atoms with Crippen molar-refractivity contribution in [2.45, 2.75) is 39.7 Å². The van der Waals surface area contributed by atoms with Gasteiger partial charge >= 0.3 is 0 Å². The highest BCUT2D eigenvalue weighted by molar-refractivity contribution is 6.32. The molecule has 0 aliphatic heterocycles. The molecule has 1 atom stereocenters. The summed E-state index contributed by atoms with van der Waals surface area (Å²) in [6.45, 7) is 5.62. The third kappa shape index (κ3) is 3.28. The van der Waals surface area contributed by atoms with Gasteiger partial charge in [0.1, 0.15) is 5.75 Å². The highest BCUT2D eigenvalue weighted by Crippen LogP contribution is 2.35. The molecule has 4 rings (SSSR count). The fourth-order valence-corrected chi connectivity index (χ4v) is 3.93. The molecule has 0 aromatic heterocycles. The van der Waals surface area contributed by atoms with Crippen molar-refractivity contribution in [3.8, 4) is 5.75 Å². The lowest BCUT2D eigenvalue weighted by Crippen LogP contribution is -2.30. The van der Waals surface area contributed by atoms with Gasteiger partial charge in [0, 0.05) is 16.1 Å². The van der Waals surface area contributed by atoms with E-state index in [0.717, 1.165) is 40.1 Å². The maximum absolute atomic E-state index is 12.7. The van der Waals surface area contributed by atoms with Gasteiger partial charge in [-0.05, 0) is 79.5 Å². The Morgan fingerprint density at radius 2 is 1.74 bits per heavy atom. The fraction of sp³-hybridized carbons (Fsp3) is 0.261. The van der Waals surface area contributed by atoms with Crippen LogP contribution in [0, 0.1) is 13.8 Å². The van der Waals surface area contributed by atoms with Gasteiger partial charge in [0.15, 0.2) is 6.10 Å². The first kappa shape index (κ1) is 17.9. The SMILES string of the molecule is Cc1cc(O[C@@H](C)C(=O)Nc2ccc3c4c(cccc24)CC3)cc(C)c1Cl. The summed E-state index contributed by atoms with van der Waals surface area (Å²) in [6.07, 6.45) is 1.52. The topological polar surface area (TPSA) is 38.3 Å². The number of halogens is 1. The predicted molar refractivity (Wildman–Crippen MR) is 111 cm³/mol. The van der Waals surface area contributed by atoms with E-state index in [4.69, 9.17) is 16.3 Å². The number of amides is 1. The van der Waals surface area contributed by atoms with Crippen LogP contribution in [-0.4, -0.2) is 12.0 Å². The average Bonchev–Trinajstić information content (AvgIpc) is 3.06. The van der Waals surface area contributed by atoms with E-state index in [-0.39, 0.29) is 5.91 Å². The molecule has 4 heteroatoms. The van der Waals surface area contributed by atoms with Gasteiger partial charge in [-0.1, -0.05) is 35.9 Å². The van der Waals surface area contributed by atoms with Gasteiger partial charge in [-0.3, -0.25) is 4.79 Å². The van der Waals surface area contributed by atoms with Crippen LogP contribution in [0.3, 0.4) is 0 Å². The van der Waals surface area contributed by atoms with E-state index in [2.05, 4.69) is 29.6 Å². The van der Waals surface area contributed by atoms with Crippen molar-refractivity contribution in [2.24, 2.45) is 0 Å². The number of carbonyl (C=O) groups excluding carboxylic acids is 1. The molecule has 0 radical (unpaired) electrons. The van der Waals surface area contributed by atoms with Crippen LogP contribution in [0.15, 0.2) is 42.5 Å². The molecule has 3 aromatic carbocycles. The number of carbonyl (C=O) groups is 1. The number of ether oxygens (including phenoxy) is 1. The Kier molecular flexibility index (Phi) is 4.56. The largest absolute Gasteiger partial charge is 0.481 e. The number of hydrogen-bond donors (Lipinski definition) is 1. The molecule has 27 heavy (non-hydrogen) atoms. The van der Waals surface area contributed by atoms with Crippen molar-refractivity contribution < 1.29 is 9.53 Å². The average molecular weight is 380 g/mol. The smallest absolute Gasteiger partial charge is 0.265 e. The maximum atomic E-state index is 12.7. The summed E-state index contributed by atoms with van der Waals surface area (Å²) in [5.41, 5.74) is 5.42. The van der Waals surface area contributed by atoms with Gasteiger partial charge in [-0.15, -0.1) is 0 Å².